The van der Waals surface area contributed by atoms with Crippen LogP contribution in [0.1, 0.15) is 0 Å². The van der Waals surface area contributed by atoms with Crippen LogP contribution >= 0.6 is 0 Å². The first kappa shape index (κ1) is 13.0. The fourth-order valence-electron chi connectivity index (χ4n) is 1.47. The largest absolute Gasteiger partial charge is 0.379 e. The van der Waals surface area contributed by atoms with Gasteiger partial charge in [-0.1, -0.05) is 30.3 Å². The van der Waals surface area contributed by atoms with Crippen molar-refractivity contribution in [2.45, 2.75) is 4.90 Å². The molecule has 2 rings (SSSR count). The molecular weight excluding hydrogens is 270 g/mol. The van der Waals surface area contributed by atoms with E-state index in [0.717, 1.165) is 12.1 Å². The number of nitrogens with zero attached hydrogens (tertiary/aromatic N) is 1. The molecule has 0 atom stereocenters. The molecule has 0 N–H and O–H groups in total. The molecule has 0 fully saturated rings. The highest BCUT2D eigenvalue weighted by Crippen LogP contribution is 2.26. The molecule has 0 bridgehead atoms. The zero-order valence-corrected chi connectivity index (χ0v) is 10.4. The number of hydrogen-bond donors (Lipinski definition) is 0. The van der Waals surface area contributed by atoms with E-state index >= 15 is 0 Å². The third kappa shape index (κ3) is 2.89. The monoisotopic (exact) mass is 279 g/mol. The molecule has 0 spiro atoms. The average molecular weight is 279 g/mol. The van der Waals surface area contributed by atoms with Gasteiger partial charge in [0.25, 0.3) is 5.69 Å². The summed E-state index contributed by atoms with van der Waals surface area (Å²) < 4.78 is 28.8. The van der Waals surface area contributed by atoms with Crippen molar-refractivity contribution in [3.05, 3.63) is 64.7 Å². The first-order chi connectivity index (χ1) is 9.00. The Morgan fingerprint density at radius 3 is 2.16 bits per heavy atom. The van der Waals surface area contributed by atoms with Crippen LogP contribution < -0.4 is 4.18 Å². The van der Waals surface area contributed by atoms with E-state index in [2.05, 4.69) is 0 Å². The van der Waals surface area contributed by atoms with Crippen LogP contribution in [0.5, 0.6) is 5.75 Å². The molecule has 0 aromatic heterocycles. The van der Waals surface area contributed by atoms with Crippen molar-refractivity contribution in [1.82, 2.24) is 0 Å². The molecule has 0 heterocycles. The SMILES string of the molecule is O=[N+]([O-])c1ccccc1S(=O)(=O)Oc1ccccc1. The Kier molecular flexibility index (Phi) is 3.48. The third-order valence-corrected chi connectivity index (χ3v) is 3.58. The van der Waals surface area contributed by atoms with Crippen LogP contribution in [0.15, 0.2) is 59.5 Å². The van der Waals surface area contributed by atoms with E-state index < -0.39 is 25.6 Å². The predicted molar refractivity (Wildman–Crippen MR) is 67.4 cm³/mol. The summed E-state index contributed by atoms with van der Waals surface area (Å²) in [4.78, 5) is 9.58. The summed E-state index contributed by atoms with van der Waals surface area (Å²) in [5.74, 6) is 0.0978. The molecule has 2 aromatic rings. The van der Waals surface area contributed by atoms with Gasteiger partial charge in [-0.05, 0) is 18.2 Å². The van der Waals surface area contributed by atoms with E-state index in [-0.39, 0.29) is 5.75 Å². The Morgan fingerprint density at radius 2 is 1.53 bits per heavy atom. The molecule has 0 saturated heterocycles. The number of nitro groups is 1. The van der Waals surface area contributed by atoms with Crippen molar-refractivity contribution in [2.75, 3.05) is 0 Å². The normalized spacial score (nSPS) is 10.9. The first-order valence-electron chi connectivity index (χ1n) is 5.24. The number of hydrogen-bond acceptors (Lipinski definition) is 5. The lowest BCUT2D eigenvalue weighted by Gasteiger charge is -2.06. The summed E-state index contributed by atoms with van der Waals surface area (Å²) in [6.45, 7) is 0. The number of benzene rings is 2. The summed E-state index contributed by atoms with van der Waals surface area (Å²) >= 11 is 0. The Balaban J connectivity index is 2.43. The minimum absolute atomic E-state index is 0.0978. The second kappa shape index (κ2) is 5.07. The van der Waals surface area contributed by atoms with Crippen molar-refractivity contribution in [3.8, 4) is 5.75 Å². The van der Waals surface area contributed by atoms with Crippen LogP contribution in [0.3, 0.4) is 0 Å². The maximum atomic E-state index is 12.0. The smallest absolute Gasteiger partial charge is 0.346 e. The van der Waals surface area contributed by atoms with Crippen LogP contribution in [0.25, 0.3) is 0 Å². The van der Waals surface area contributed by atoms with Crippen LogP contribution in [-0.4, -0.2) is 13.3 Å². The average Bonchev–Trinajstić information content (AvgIpc) is 2.39. The molecule has 0 aliphatic carbocycles. The molecule has 19 heavy (non-hydrogen) atoms. The predicted octanol–water partition coefficient (Wildman–Crippen LogP) is 2.36. The lowest BCUT2D eigenvalue weighted by Crippen LogP contribution is -2.11. The van der Waals surface area contributed by atoms with Gasteiger partial charge in [-0.2, -0.15) is 8.42 Å². The topological polar surface area (TPSA) is 86.5 Å². The lowest BCUT2D eigenvalue weighted by atomic mass is 10.3. The Morgan fingerprint density at radius 1 is 0.947 bits per heavy atom. The van der Waals surface area contributed by atoms with Crippen molar-refractivity contribution >= 4 is 15.8 Å². The molecule has 0 unspecified atom stereocenters. The number of para-hydroxylation sites is 2. The summed E-state index contributed by atoms with van der Waals surface area (Å²) in [7, 11) is -4.23. The van der Waals surface area contributed by atoms with E-state index in [1.165, 1.54) is 24.3 Å². The van der Waals surface area contributed by atoms with Gasteiger partial charge >= 0.3 is 10.1 Å². The fourth-order valence-corrected chi connectivity index (χ4v) is 2.57. The van der Waals surface area contributed by atoms with Crippen LogP contribution in [0.2, 0.25) is 0 Å². The lowest BCUT2D eigenvalue weighted by molar-refractivity contribution is -0.387. The minimum atomic E-state index is -4.23. The second-order valence-electron chi connectivity index (χ2n) is 3.58. The molecule has 0 saturated carbocycles. The van der Waals surface area contributed by atoms with Crippen molar-refractivity contribution in [1.29, 1.82) is 0 Å². The quantitative estimate of drug-likeness (QED) is 0.487. The fraction of sp³-hybridized carbons (Fsp3) is 0. The third-order valence-electron chi connectivity index (χ3n) is 2.28. The van der Waals surface area contributed by atoms with Crippen molar-refractivity contribution in [2.24, 2.45) is 0 Å². The molecule has 0 radical (unpaired) electrons. The van der Waals surface area contributed by atoms with Gasteiger partial charge in [-0.25, -0.2) is 0 Å². The van der Waals surface area contributed by atoms with Crippen LogP contribution in [0.4, 0.5) is 5.69 Å². The molecule has 98 valence electrons. The van der Waals surface area contributed by atoms with Gasteiger partial charge in [0.2, 0.25) is 0 Å². The minimum Gasteiger partial charge on any atom is -0.379 e. The molecule has 0 aliphatic rings. The molecule has 7 heteroatoms. The zero-order chi connectivity index (χ0) is 13.9. The van der Waals surface area contributed by atoms with E-state index in [9.17, 15) is 18.5 Å². The van der Waals surface area contributed by atoms with Gasteiger partial charge in [0, 0.05) is 6.07 Å². The second-order valence-corrected chi connectivity index (χ2v) is 5.09. The summed E-state index contributed by atoms with van der Waals surface area (Å²) in [5.41, 5.74) is -0.515. The van der Waals surface area contributed by atoms with Gasteiger partial charge in [0.05, 0.1) is 4.92 Å². The molecule has 0 aliphatic heterocycles. The highest BCUT2D eigenvalue weighted by atomic mass is 32.2. The summed E-state index contributed by atoms with van der Waals surface area (Å²) in [6.07, 6.45) is 0. The molecule has 0 amide bonds. The van der Waals surface area contributed by atoms with E-state index in [4.69, 9.17) is 4.18 Å². The van der Waals surface area contributed by atoms with Gasteiger partial charge in [0.1, 0.15) is 5.75 Å². The Labute approximate surface area is 109 Å². The molecule has 2 aromatic carbocycles. The van der Waals surface area contributed by atoms with E-state index in [1.54, 1.807) is 18.2 Å². The maximum Gasteiger partial charge on any atom is 0.346 e. The molecule has 6 nitrogen and oxygen atoms in total. The Bertz CT molecular complexity index is 697. The van der Waals surface area contributed by atoms with E-state index in [1.807, 2.05) is 0 Å². The highest BCUT2D eigenvalue weighted by Gasteiger charge is 2.26. The summed E-state index contributed by atoms with van der Waals surface area (Å²) in [6, 6.07) is 12.8. The first-order valence-corrected chi connectivity index (χ1v) is 6.64. The van der Waals surface area contributed by atoms with Gasteiger partial charge in [-0.15, -0.1) is 0 Å². The maximum absolute atomic E-state index is 12.0. The standard InChI is InChI=1S/C12H9NO5S/c14-13(15)11-8-4-5-9-12(11)19(16,17)18-10-6-2-1-3-7-10/h1-9H. The van der Waals surface area contributed by atoms with Gasteiger partial charge in [-0.3, -0.25) is 10.1 Å². The van der Waals surface area contributed by atoms with Crippen LogP contribution in [-0.2, 0) is 10.1 Å². The van der Waals surface area contributed by atoms with Crippen LogP contribution in [0, 0.1) is 10.1 Å². The summed E-state index contributed by atoms with van der Waals surface area (Å²) in [5, 5.41) is 10.8. The zero-order valence-electron chi connectivity index (χ0n) is 9.59. The molecular formula is C12H9NO5S. The van der Waals surface area contributed by atoms with Crippen molar-refractivity contribution < 1.29 is 17.5 Å². The van der Waals surface area contributed by atoms with Gasteiger partial charge in [0.15, 0.2) is 4.90 Å². The Hall–Kier alpha value is -2.41. The number of rotatable bonds is 4. The van der Waals surface area contributed by atoms with Crippen molar-refractivity contribution in [3.63, 3.8) is 0 Å². The number of nitro benzene ring substituents is 1. The van der Waals surface area contributed by atoms with E-state index in [0.29, 0.717) is 0 Å². The van der Waals surface area contributed by atoms with Gasteiger partial charge < -0.3 is 4.18 Å². The highest BCUT2D eigenvalue weighted by molar-refractivity contribution is 7.87.